The fourth-order valence-electron chi connectivity index (χ4n) is 2.57. The van der Waals surface area contributed by atoms with Gasteiger partial charge in [0.05, 0.1) is 18.0 Å². The van der Waals surface area contributed by atoms with Crippen molar-refractivity contribution in [1.29, 1.82) is 0 Å². The molecular formula is C14H24N4O2. The highest BCUT2D eigenvalue weighted by molar-refractivity contribution is 5.89. The Labute approximate surface area is 119 Å². The smallest absolute Gasteiger partial charge is 0.321 e. The van der Waals surface area contributed by atoms with Gasteiger partial charge in [-0.05, 0) is 32.1 Å². The molecule has 0 spiro atoms. The van der Waals surface area contributed by atoms with Gasteiger partial charge in [-0.15, -0.1) is 0 Å². The van der Waals surface area contributed by atoms with E-state index in [2.05, 4.69) is 17.3 Å². The third-order valence-electron chi connectivity index (χ3n) is 3.85. The molecule has 1 aliphatic rings. The van der Waals surface area contributed by atoms with Crippen molar-refractivity contribution in [2.24, 2.45) is 5.92 Å². The predicted octanol–water partition coefficient (Wildman–Crippen LogP) is 1.92. The van der Waals surface area contributed by atoms with E-state index in [4.69, 9.17) is 0 Å². The van der Waals surface area contributed by atoms with Gasteiger partial charge in [-0.1, -0.05) is 6.92 Å². The van der Waals surface area contributed by atoms with Crippen LogP contribution in [0.15, 0.2) is 12.4 Å². The van der Waals surface area contributed by atoms with E-state index in [-0.39, 0.29) is 12.1 Å². The molecule has 0 aliphatic carbocycles. The number of hydrogen-bond acceptors (Lipinski definition) is 3. The standard InChI is InChI=1S/C14H24N4O2/c1-3-6-18-10-13(9-15-18)16-14(20)17-7-4-12(5-8-17)11(2)19/h9-12,19H,3-8H2,1-2H3,(H,16,20). The van der Waals surface area contributed by atoms with Crippen molar-refractivity contribution in [3.05, 3.63) is 12.4 Å². The number of piperidine rings is 1. The maximum Gasteiger partial charge on any atom is 0.321 e. The van der Waals surface area contributed by atoms with Gasteiger partial charge in [-0.3, -0.25) is 4.68 Å². The Balaban J connectivity index is 1.83. The van der Waals surface area contributed by atoms with Crippen LogP contribution in [0.2, 0.25) is 0 Å². The van der Waals surface area contributed by atoms with Gasteiger partial charge >= 0.3 is 6.03 Å². The highest BCUT2D eigenvalue weighted by Gasteiger charge is 2.25. The van der Waals surface area contributed by atoms with E-state index >= 15 is 0 Å². The summed E-state index contributed by atoms with van der Waals surface area (Å²) in [5.74, 6) is 0.311. The van der Waals surface area contributed by atoms with E-state index in [1.54, 1.807) is 11.1 Å². The maximum atomic E-state index is 12.1. The molecule has 1 atom stereocenters. The highest BCUT2D eigenvalue weighted by atomic mass is 16.3. The molecule has 2 N–H and O–H groups in total. The predicted molar refractivity (Wildman–Crippen MR) is 77.5 cm³/mol. The average molecular weight is 280 g/mol. The molecule has 0 bridgehead atoms. The minimum Gasteiger partial charge on any atom is -0.393 e. The summed E-state index contributed by atoms with van der Waals surface area (Å²) < 4.78 is 1.83. The van der Waals surface area contributed by atoms with Gasteiger partial charge in [0.15, 0.2) is 0 Å². The Kier molecular flexibility index (Phi) is 5.00. The zero-order valence-corrected chi connectivity index (χ0v) is 12.2. The van der Waals surface area contributed by atoms with Gasteiger partial charge in [0.25, 0.3) is 0 Å². The van der Waals surface area contributed by atoms with Crippen LogP contribution < -0.4 is 5.32 Å². The zero-order valence-electron chi connectivity index (χ0n) is 12.2. The SMILES string of the molecule is CCCn1cc(NC(=O)N2CCC(C(C)O)CC2)cn1. The van der Waals surface area contributed by atoms with Crippen molar-refractivity contribution in [2.45, 2.75) is 45.8 Å². The molecule has 6 heteroatoms. The highest BCUT2D eigenvalue weighted by Crippen LogP contribution is 2.21. The summed E-state index contributed by atoms with van der Waals surface area (Å²) in [5, 5.41) is 16.6. The molecule has 1 aliphatic heterocycles. The first kappa shape index (κ1) is 14.8. The first-order valence-corrected chi connectivity index (χ1v) is 7.36. The zero-order chi connectivity index (χ0) is 14.5. The van der Waals surface area contributed by atoms with Crippen LogP contribution in [0.25, 0.3) is 0 Å². The summed E-state index contributed by atoms with van der Waals surface area (Å²) >= 11 is 0. The molecule has 20 heavy (non-hydrogen) atoms. The largest absolute Gasteiger partial charge is 0.393 e. The summed E-state index contributed by atoms with van der Waals surface area (Å²) in [6, 6.07) is -0.0786. The summed E-state index contributed by atoms with van der Waals surface area (Å²) in [6.07, 6.45) is 5.98. The number of aliphatic hydroxyl groups excluding tert-OH is 1. The lowest BCUT2D eigenvalue weighted by Gasteiger charge is -2.33. The molecule has 112 valence electrons. The topological polar surface area (TPSA) is 70.4 Å². The van der Waals surface area contributed by atoms with Gasteiger partial charge in [0.1, 0.15) is 0 Å². The number of nitrogens with one attached hydrogen (secondary N) is 1. The minimum absolute atomic E-state index is 0.0786. The summed E-state index contributed by atoms with van der Waals surface area (Å²) in [7, 11) is 0. The van der Waals surface area contributed by atoms with Gasteiger partial charge in [0, 0.05) is 25.8 Å². The lowest BCUT2D eigenvalue weighted by atomic mass is 9.92. The number of hydrogen-bond donors (Lipinski definition) is 2. The van der Waals surface area contributed by atoms with Crippen molar-refractivity contribution in [1.82, 2.24) is 14.7 Å². The van der Waals surface area contributed by atoms with Gasteiger partial charge in [-0.25, -0.2) is 4.79 Å². The Hall–Kier alpha value is -1.56. The van der Waals surface area contributed by atoms with E-state index in [0.717, 1.165) is 31.5 Å². The quantitative estimate of drug-likeness (QED) is 0.885. The second-order valence-corrected chi connectivity index (χ2v) is 5.49. The first-order valence-electron chi connectivity index (χ1n) is 7.36. The normalized spacial score (nSPS) is 18.1. The molecule has 2 amide bonds. The fraction of sp³-hybridized carbons (Fsp3) is 0.714. The fourth-order valence-corrected chi connectivity index (χ4v) is 2.57. The van der Waals surface area contributed by atoms with Gasteiger partial charge in [0.2, 0.25) is 0 Å². The van der Waals surface area contributed by atoms with Crippen molar-refractivity contribution < 1.29 is 9.90 Å². The van der Waals surface area contributed by atoms with E-state index < -0.39 is 0 Å². The Bertz CT molecular complexity index is 436. The van der Waals surface area contributed by atoms with Crippen molar-refractivity contribution in [3.63, 3.8) is 0 Å². The second kappa shape index (κ2) is 6.74. The number of amides is 2. The van der Waals surface area contributed by atoms with Crippen LogP contribution in [0, 0.1) is 5.92 Å². The monoisotopic (exact) mass is 280 g/mol. The van der Waals surface area contributed by atoms with Crippen LogP contribution in [-0.2, 0) is 6.54 Å². The van der Waals surface area contributed by atoms with Crippen LogP contribution >= 0.6 is 0 Å². The number of anilines is 1. The molecule has 1 unspecified atom stereocenters. The molecule has 1 fully saturated rings. The number of urea groups is 1. The first-order chi connectivity index (χ1) is 9.60. The third kappa shape index (κ3) is 3.72. The molecule has 0 aromatic carbocycles. The average Bonchev–Trinajstić information content (AvgIpc) is 2.86. The van der Waals surface area contributed by atoms with E-state index in [1.807, 2.05) is 17.8 Å². The number of rotatable bonds is 4. The molecule has 1 saturated heterocycles. The summed E-state index contributed by atoms with van der Waals surface area (Å²) in [4.78, 5) is 13.9. The maximum absolute atomic E-state index is 12.1. The molecule has 1 aromatic heterocycles. The molecule has 0 saturated carbocycles. The van der Waals surface area contributed by atoms with E-state index in [9.17, 15) is 9.90 Å². The molecular weight excluding hydrogens is 256 g/mol. The Morgan fingerprint density at radius 3 is 2.85 bits per heavy atom. The number of aliphatic hydroxyl groups is 1. The second-order valence-electron chi connectivity index (χ2n) is 5.49. The summed E-state index contributed by atoms with van der Waals surface area (Å²) in [5.41, 5.74) is 0.737. The molecule has 2 rings (SSSR count). The Morgan fingerprint density at radius 2 is 2.25 bits per heavy atom. The van der Waals surface area contributed by atoms with E-state index in [0.29, 0.717) is 19.0 Å². The van der Waals surface area contributed by atoms with Crippen LogP contribution in [0.5, 0.6) is 0 Å². The lowest BCUT2D eigenvalue weighted by Crippen LogP contribution is -2.42. The van der Waals surface area contributed by atoms with Crippen LogP contribution in [-0.4, -0.2) is 45.0 Å². The number of carbonyl (C=O) groups excluding carboxylic acids is 1. The van der Waals surface area contributed by atoms with Crippen molar-refractivity contribution in [3.8, 4) is 0 Å². The van der Waals surface area contributed by atoms with Gasteiger partial charge < -0.3 is 15.3 Å². The number of likely N-dealkylation sites (tertiary alicyclic amines) is 1. The van der Waals surface area contributed by atoms with Crippen LogP contribution in [0.3, 0.4) is 0 Å². The number of nitrogens with zero attached hydrogens (tertiary/aromatic N) is 3. The van der Waals surface area contributed by atoms with Crippen molar-refractivity contribution >= 4 is 11.7 Å². The molecule has 1 aromatic rings. The minimum atomic E-state index is -0.285. The van der Waals surface area contributed by atoms with E-state index in [1.165, 1.54) is 0 Å². The number of aromatic nitrogens is 2. The van der Waals surface area contributed by atoms with Gasteiger partial charge in [-0.2, -0.15) is 5.10 Å². The van der Waals surface area contributed by atoms with Crippen LogP contribution in [0.4, 0.5) is 10.5 Å². The lowest BCUT2D eigenvalue weighted by molar-refractivity contribution is 0.0820. The molecule has 6 nitrogen and oxygen atoms in total. The van der Waals surface area contributed by atoms with Crippen LogP contribution in [0.1, 0.15) is 33.1 Å². The molecule has 0 radical (unpaired) electrons. The third-order valence-corrected chi connectivity index (χ3v) is 3.85. The number of aryl methyl sites for hydroxylation is 1. The molecule has 2 heterocycles. The van der Waals surface area contributed by atoms with Crippen molar-refractivity contribution in [2.75, 3.05) is 18.4 Å². The Morgan fingerprint density at radius 1 is 1.55 bits per heavy atom. The summed E-state index contributed by atoms with van der Waals surface area (Å²) in [6.45, 7) is 6.17. The number of carbonyl (C=O) groups is 1.